The van der Waals surface area contributed by atoms with E-state index in [1.54, 1.807) is 18.2 Å². The third kappa shape index (κ3) is 3.68. The number of amides is 1. The Balaban J connectivity index is 1.66. The van der Waals surface area contributed by atoms with Crippen molar-refractivity contribution in [2.75, 3.05) is 12.4 Å². The van der Waals surface area contributed by atoms with Gasteiger partial charge in [0.1, 0.15) is 5.71 Å². The SMILES string of the molecule is COC(=O)c1ccc(NC(=O)C2=NOC(c3ccccc3)C2)c(C)c1. The number of methoxy groups -OCH3 is 1. The van der Waals surface area contributed by atoms with E-state index in [1.165, 1.54) is 7.11 Å². The second-order valence-electron chi connectivity index (χ2n) is 5.72. The van der Waals surface area contributed by atoms with Crippen molar-refractivity contribution in [3.05, 3.63) is 65.2 Å². The van der Waals surface area contributed by atoms with Crippen molar-refractivity contribution >= 4 is 23.3 Å². The van der Waals surface area contributed by atoms with Gasteiger partial charge in [-0.15, -0.1) is 0 Å². The highest BCUT2D eigenvalue weighted by Gasteiger charge is 2.27. The minimum atomic E-state index is -0.416. The molecule has 1 atom stereocenters. The fourth-order valence-electron chi connectivity index (χ4n) is 2.60. The highest BCUT2D eigenvalue weighted by molar-refractivity contribution is 6.43. The molecule has 128 valence electrons. The molecule has 0 fully saturated rings. The Morgan fingerprint density at radius 3 is 2.64 bits per heavy atom. The van der Waals surface area contributed by atoms with Gasteiger partial charge < -0.3 is 14.9 Å². The maximum absolute atomic E-state index is 12.4. The lowest BCUT2D eigenvalue weighted by molar-refractivity contribution is -0.110. The summed E-state index contributed by atoms with van der Waals surface area (Å²) in [5.74, 6) is -0.729. The first kappa shape index (κ1) is 16.7. The van der Waals surface area contributed by atoms with Crippen LogP contribution >= 0.6 is 0 Å². The van der Waals surface area contributed by atoms with Crippen LogP contribution in [-0.2, 0) is 14.4 Å². The highest BCUT2D eigenvalue weighted by atomic mass is 16.6. The molecule has 1 amide bonds. The van der Waals surface area contributed by atoms with E-state index in [-0.39, 0.29) is 12.0 Å². The molecule has 0 saturated carbocycles. The van der Waals surface area contributed by atoms with Gasteiger partial charge in [-0.05, 0) is 36.2 Å². The first-order valence-electron chi connectivity index (χ1n) is 7.86. The molecule has 0 spiro atoms. The van der Waals surface area contributed by atoms with Gasteiger partial charge in [0.25, 0.3) is 5.91 Å². The summed E-state index contributed by atoms with van der Waals surface area (Å²) in [6, 6.07) is 14.6. The lowest BCUT2D eigenvalue weighted by Gasteiger charge is -2.10. The molecule has 1 unspecified atom stereocenters. The first-order valence-corrected chi connectivity index (χ1v) is 7.86. The van der Waals surface area contributed by atoms with Crippen molar-refractivity contribution in [2.24, 2.45) is 5.16 Å². The van der Waals surface area contributed by atoms with Gasteiger partial charge in [-0.2, -0.15) is 0 Å². The summed E-state index contributed by atoms with van der Waals surface area (Å²) in [6.45, 7) is 1.81. The molecule has 1 aliphatic heterocycles. The summed E-state index contributed by atoms with van der Waals surface area (Å²) in [5, 5.41) is 6.72. The van der Waals surface area contributed by atoms with Crippen LogP contribution in [0.2, 0.25) is 0 Å². The van der Waals surface area contributed by atoms with Crippen molar-refractivity contribution in [1.29, 1.82) is 0 Å². The monoisotopic (exact) mass is 338 g/mol. The molecular formula is C19H18N2O4. The van der Waals surface area contributed by atoms with Gasteiger partial charge in [-0.3, -0.25) is 4.79 Å². The van der Waals surface area contributed by atoms with Gasteiger partial charge in [-0.1, -0.05) is 35.5 Å². The topological polar surface area (TPSA) is 77.0 Å². The maximum Gasteiger partial charge on any atom is 0.337 e. The van der Waals surface area contributed by atoms with E-state index < -0.39 is 5.97 Å². The maximum atomic E-state index is 12.4. The number of carbonyl (C=O) groups is 2. The molecular weight excluding hydrogens is 320 g/mol. The zero-order valence-corrected chi connectivity index (χ0v) is 14.0. The molecule has 2 aromatic carbocycles. The van der Waals surface area contributed by atoms with Crippen LogP contribution in [0.4, 0.5) is 5.69 Å². The normalized spacial score (nSPS) is 15.9. The number of ether oxygens (including phenoxy) is 1. The number of carbonyl (C=O) groups excluding carboxylic acids is 2. The van der Waals surface area contributed by atoms with Crippen molar-refractivity contribution in [2.45, 2.75) is 19.4 Å². The molecule has 2 aromatic rings. The average molecular weight is 338 g/mol. The number of nitrogens with zero attached hydrogens (tertiary/aromatic N) is 1. The van der Waals surface area contributed by atoms with Crippen LogP contribution in [0.5, 0.6) is 0 Å². The second-order valence-corrected chi connectivity index (χ2v) is 5.72. The number of hydrogen-bond acceptors (Lipinski definition) is 5. The van der Waals surface area contributed by atoms with Gasteiger partial charge >= 0.3 is 5.97 Å². The number of esters is 1. The Hall–Kier alpha value is -3.15. The van der Waals surface area contributed by atoms with Gasteiger partial charge in [0.05, 0.1) is 12.7 Å². The predicted octanol–water partition coefficient (Wildman–Crippen LogP) is 3.24. The molecule has 1 aliphatic rings. The lowest BCUT2D eigenvalue weighted by atomic mass is 10.0. The van der Waals surface area contributed by atoms with Crippen molar-refractivity contribution in [1.82, 2.24) is 0 Å². The standard InChI is InChI=1S/C19H18N2O4/c1-12-10-14(19(23)24-2)8-9-15(12)20-18(22)16-11-17(25-21-16)13-6-4-3-5-7-13/h3-10,17H,11H2,1-2H3,(H,20,22). The number of anilines is 1. The Morgan fingerprint density at radius 2 is 1.96 bits per heavy atom. The number of aryl methyl sites for hydroxylation is 1. The summed E-state index contributed by atoms with van der Waals surface area (Å²) < 4.78 is 4.69. The Kier molecular flexibility index (Phi) is 4.79. The predicted molar refractivity (Wildman–Crippen MR) is 93.5 cm³/mol. The summed E-state index contributed by atoms with van der Waals surface area (Å²) in [4.78, 5) is 29.3. The second kappa shape index (κ2) is 7.17. The van der Waals surface area contributed by atoms with Crippen molar-refractivity contribution in [3.8, 4) is 0 Å². The van der Waals surface area contributed by atoms with Crippen LogP contribution in [0.3, 0.4) is 0 Å². The van der Waals surface area contributed by atoms with E-state index in [4.69, 9.17) is 4.84 Å². The number of hydrogen-bond donors (Lipinski definition) is 1. The fraction of sp³-hybridized carbons (Fsp3) is 0.211. The van der Waals surface area contributed by atoms with Crippen LogP contribution in [0, 0.1) is 6.92 Å². The zero-order valence-electron chi connectivity index (χ0n) is 14.0. The summed E-state index contributed by atoms with van der Waals surface area (Å²) in [5.41, 5.74) is 3.13. The summed E-state index contributed by atoms with van der Waals surface area (Å²) in [6.07, 6.45) is 0.166. The fourth-order valence-corrected chi connectivity index (χ4v) is 2.60. The lowest BCUT2D eigenvalue weighted by Crippen LogP contribution is -2.22. The third-order valence-corrected chi connectivity index (χ3v) is 4.00. The minimum absolute atomic E-state index is 0.246. The zero-order chi connectivity index (χ0) is 17.8. The van der Waals surface area contributed by atoms with Crippen LogP contribution in [0.15, 0.2) is 53.7 Å². The van der Waals surface area contributed by atoms with Crippen LogP contribution < -0.4 is 5.32 Å². The van der Waals surface area contributed by atoms with E-state index in [0.717, 1.165) is 11.1 Å². The molecule has 0 aromatic heterocycles. The number of benzene rings is 2. The van der Waals surface area contributed by atoms with Crippen molar-refractivity contribution in [3.63, 3.8) is 0 Å². The summed E-state index contributed by atoms with van der Waals surface area (Å²) >= 11 is 0. The van der Waals surface area contributed by atoms with Crippen LogP contribution in [-0.4, -0.2) is 24.7 Å². The number of oxime groups is 1. The molecule has 1 N–H and O–H groups in total. The van der Waals surface area contributed by atoms with Gasteiger partial charge in [0.15, 0.2) is 6.10 Å². The Labute approximate surface area is 145 Å². The molecule has 1 heterocycles. The van der Waals surface area contributed by atoms with Gasteiger partial charge in [-0.25, -0.2) is 4.79 Å². The largest absolute Gasteiger partial charge is 0.465 e. The number of rotatable bonds is 4. The molecule has 0 aliphatic carbocycles. The van der Waals surface area contributed by atoms with E-state index in [9.17, 15) is 9.59 Å². The van der Waals surface area contributed by atoms with Gasteiger partial charge in [0.2, 0.25) is 0 Å². The highest BCUT2D eigenvalue weighted by Crippen LogP contribution is 2.27. The van der Waals surface area contributed by atoms with E-state index in [1.807, 2.05) is 37.3 Å². The quantitative estimate of drug-likeness (QED) is 0.868. The molecule has 0 radical (unpaired) electrons. The number of nitrogens with one attached hydrogen (secondary N) is 1. The van der Waals surface area contributed by atoms with E-state index in [2.05, 4.69) is 15.2 Å². The Bertz CT molecular complexity index is 831. The molecule has 3 rings (SSSR count). The molecule has 0 saturated heterocycles. The smallest absolute Gasteiger partial charge is 0.337 e. The third-order valence-electron chi connectivity index (χ3n) is 4.00. The van der Waals surface area contributed by atoms with E-state index >= 15 is 0 Å². The van der Waals surface area contributed by atoms with Crippen LogP contribution in [0.1, 0.15) is 34.0 Å². The summed E-state index contributed by atoms with van der Waals surface area (Å²) in [7, 11) is 1.33. The average Bonchev–Trinajstić information content (AvgIpc) is 3.13. The Morgan fingerprint density at radius 1 is 1.20 bits per heavy atom. The minimum Gasteiger partial charge on any atom is -0.465 e. The molecule has 6 heteroatoms. The first-order chi connectivity index (χ1) is 12.1. The van der Waals surface area contributed by atoms with Gasteiger partial charge in [0, 0.05) is 12.1 Å². The molecule has 25 heavy (non-hydrogen) atoms. The van der Waals surface area contributed by atoms with Crippen LogP contribution in [0.25, 0.3) is 0 Å². The molecule has 0 bridgehead atoms. The molecule has 6 nitrogen and oxygen atoms in total. The van der Waals surface area contributed by atoms with Crippen molar-refractivity contribution < 1.29 is 19.2 Å². The van der Waals surface area contributed by atoms with E-state index in [0.29, 0.717) is 23.4 Å².